The number of halogens is 1. The van der Waals surface area contributed by atoms with Crippen LogP contribution in [0, 0.1) is 0 Å². The Bertz CT molecular complexity index is 1690. The van der Waals surface area contributed by atoms with Crippen LogP contribution in [-0.4, -0.2) is 61.2 Å². The third-order valence-corrected chi connectivity index (χ3v) is 8.22. The Kier molecular flexibility index (Phi) is 5.40. The third-order valence-electron chi connectivity index (χ3n) is 7.76. The Morgan fingerprint density at radius 1 is 0.947 bits per heavy atom. The Labute approximate surface area is 226 Å². The third kappa shape index (κ3) is 3.58. The van der Waals surface area contributed by atoms with E-state index in [1.165, 1.54) is 6.42 Å². The Balaban J connectivity index is 1.37. The molecule has 7 rings (SSSR count). The summed E-state index contributed by atoms with van der Waals surface area (Å²) in [5.74, 6) is -0.854. The van der Waals surface area contributed by atoms with Gasteiger partial charge < -0.3 is 14.4 Å². The van der Waals surface area contributed by atoms with E-state index in [2.05, 4.69) is 30.8 Å². The number of likely N-dealkylation sites (tertiary alicyclic amines) is 1. The van der Waals surface area contributed by atoms with Crippen LogP contribution in [0.3, 0.4) is 0 Å². The number of rotatable bonds is 2. The van der Waals surface area contributed by atoms with Crippen LogP contribution in [0.15, 0.2) is 53.4 Å². The largest absolute Gasteiger partial charge is 0.345 e. The number of aromatic nitrogens is 3. The number of piperidine rings is 1. The van der Waals surface area contributed by atoms with Crippen molar-refractivity contribution in [3.8, 4) is 0 Å². The molecule has 10 heteroatoms. The summed E-state index contributed by atoms with van der Waals surface area (Å²) < 4.78 is 4.79. The minimum absolute atomic E-state index is 0.0853. The van der Waals surface area contributed by atoms with Gasteiger partial charge in [-0.05, 0) is 49.1 Å². The second kappa shape index (κ2) is 8.83. The van der Waals surface area contributed by atoms with Gasteiger partial charge in [-0.15, -0.1) is 0 Å². The minimum Gasteiger partial charge on any atom is -0.345 e. The minimum atomic E-state index is -0.433. The van der Waals surface area contributed by atoms with Crippen molar-refractivity contribution in [3.05, 3.63) is 70.2 Å². The summed E-state index contributed by atoms with van der Waals surface area (Å²) in [7, 11) is 0. The van der Waals surface area contributed by atoms with Gasteiger partial charge in [-0.3, -0.25) is 19.3 Å². The zero-order valence-electron chi connectivity index (χ0n) is 20.6. The maximum absolute atomic E-state index is 13.3. The fraction of sp³-hybridized carbons (Fsp3) is 0.286. The molecule has 3 aliphatic heterocycles. The average molecular weight is 573 g/mol. The van der Waals surface area contributed by atoms with Gasteiger partial charge in [-0.1, -0.05) is 22.0 Å². The number of imidazole rings is 1. The van der Waals surface area contributed by atoms with Gasteiger partial charge in [0.1, 0.15) is 5.65 Å². The second-order valence-corrected chi connectivity index (χ2v) is 11.0. The van der Waals surface area contributed by atoms with Crippen molar-refractivity contribution in [2.24, 2.45) is 0 Å². The first kappa shape index (κ1) is 23.2. The van der Waals surface area contributed by atoms with E-state index in [9.17, 15) is 14.4 Å². The molecule has 1 aromatic carbocycles. The molecule has 4 amide bonds. The molecule has 192 valence electrons. The molecule has 3 aromatic heterocycles. The molecule has 0 bridgehead atoms. The molecule has 0 aliphatic carbocycles. The topological polar surface area (TPSA) is 92.0 Å². The number of hydrogen-bond acceptors (Lipinski definition) is 4. The van der Waals surface area contributed by atoms with Gasteiger partial charge >= 0.3 is 6.03 Å². The van der Waals surface area contributed by atoms with Crippen LogP contribution < -0.4 is 5.32 Å². The van der Waals surface area contributed by atoms with Gasteiger partial charge in [-0.25, -0.2) is 9.78 Å². The highest BCUT2D eigenvalue weighted by Crippen LogP contribution is 2.39. The van der Waals surface area contributed by atoms with Gasteiger partial charge in [-0.2, -0.15) is 0 Å². The standard InChI is InChI=1S/C28H25BrN6O3/c29-18-12-17-15-34(28(38)32-7-3-1-4-8-32)11-10-33-16-20(19(13-18)25(17)33)23-24(27(37)31-26(23)36)21-14-30-22-6-2-5-9-35(21)22/h2,5-6,9,12-14,16H,1,3-4,7-8,10-11,15H2,(H,31,36,37). The highest BCUT2D eigenvalue weighted by Gasteiger charge is 2.36. The van der Waals surface area contributed by atoms with Crippen molar-refractivity contribution < 1.29 is 14.4 Å². The predicted octanol–water partition coefficient (Wildman–Crippen LogP) is 4.04. The lowest BCUT2D eigenvalue weighted by atomic mass is 9.98. The van der Waals surface area contributed by atoms with Crippen molar-refractivity contribution in [2.75, 3.05) is 19.6 Å². The van der Waals surface area contributed by atoms with E-state index in [1.54, 1.807) is 6.20 Å². The lowest BCUT2D eigenvalue weighted by Crippen LogP contribution is -2.45. The molecule has 1 fully saturated rings. The van der Waals surface area contributed by atoms with Gasteiger partial charge in [0.15, 0.2) is 0 Å². The number of carbonyl (C=O) groups excluding carboxylic acids is 3. The van der Waals surface area contributed by atoms with Crippen molar-refractivity contribution in [3.63, 3.8) is 0 Å². The molecular weight excluding hydrogens is 548 g/mol. The van der Waals surface area contributed by atoms with Crippen molar-refractivity contribution in [1.29, 1.82) is 0 Å². The highest BCUT2D eigenvalue weighted by atomic mass is 79.9. The van der Waals surface area contributed by atoms with E-state index in [4.69, 9.17) is 0 Å². The first-order valence-corrected chi connectivity index (χ1v) is 13.7. The van der Waals surface area contributed by atoms with Gasteiger partial charge in [0, 0.05) is 60.5 Å². The van der Waals surface area contributed by atoms with E-state index in [0.717, 1.165) is 46.9 Å². The first-order valence-electron chi connectivity index (χ1n) is 12.9. The summed E-state index contributed by atoms with van der Waals surface area (Å²) >= 11 is 3.65. The Morgan fingerprint density at radius 3 is 2.61 bits per heavy atom. The molecule has 0 atom stereocenters. The number of carbonyl (C=O) groups is 3. The monoisotopic (exact) mass is 572 g/mol. The number of benzene rings is 1. The number of amides is 4. The summed E-state index contributed by atoms with van der Waals surface area (Å²) in [6, 6.07) is 9.72. The van der Waals surface area contributed by atoms with Crippen molar-refractivity contribution in [2.45, 2.75) is 32.4 Å². The smallest absolute Gasteiger partial charge is 0.320 e. The van der Waals surface area contributed by atoms with E-state index in [0.29, 0.717) is 47.7 Å². The van der Waals surface area contributed by atoms with Crippen LogP contribution in [0.25, 0.3) is 27.7 Å². The molecule has 3 aliphatic rings. The summed E-state index contributed by atoms with van der Waals surface area (Å²) in [5.41, 5.74) is 4.60. The number of nitrogens with one attached hydrogen (secondary N) is 1. The lowest BCUT2D eigenvalue weighted by Gasteiger charge is -2.32. The predicted molar refractivity (Wildman–Crippen MR) is 146 cm³/mol. The van der Waals surface area contributed by atoms with Gasteiger partial charge in [0.25, 0.3) is 11.8 Å². The molecule has 0 spiro atoms. The molecule has 1 N–H and O–H groups in total. The first-order chi connectivity index (χ1) is 18.5. The van der Waals surface area contributed by atoms with Crippen LogP contribution in [0.1, 0.15) is 36.1 Å². The maximum Gasteiger partial charge on any atom is 0.320 e. The zero-order chi connectivity index (χ0) is 26.0. The Morgan fingerprint density at radius 2 is 1.76 bits per heavy atom. The number of hydrogen-bond donors (Lipinski definition) is 1. The van der Waals surface area contributed by atoms with Crippen LogP contribution in [0.5, 0.6) is 0 Å². The summed E-state index contributed by atoms with van der Waals surface area (Å²) in [6.45, 7) is 3.26. The van der Waals surface area contributed by atoms with Crippen LogP contribution in [0.4, 0.5) is 4.79 Å². The second-order valence-electron chi connectivity index (χ2n) is 10.1. The quantitative estimate of drug-likeness (QED) is 0.367. The molecule has 0 radical (unpaired) electrons. The van der Waals surface area contributed by atoms with E-state index in [-0.39, 0.29) is 6.03 Å². The average Bonchev–Trinajstić information content (AvgIpc) is 3.54. The number of nitrogens with zero attached hydrogens (tertiary/aromatic N) is 5. The summed E-state index contributed by atoms with van der Waals surface area (Å²) in [5, 5.41) is 3.37. The molecular formula is C28H25BrN6O3. The number of imide groups is 1. The fourth-order valence-electron chi connectivity index (χ4n) is 6.02. The summed E-state index contributed by atoms with van der Waals surface area (Å²) in [6.07, 6.45) is 8.70. The molecule has 4 aromatic rings. The molecule has 38 heavy (non-hydrogen) atoms. The van der Waals surface area contributed by atoms with Crippen LogP contribution >= 0.6 is 15.9 Å². The molecule has 0 saturated carbocycles. The summed E-state index contributed by atoms with van der Waals surface area (Å²) in [4.78, 5) is 48.0. The lowest BCUT2D eigenvalue weighted by molar-refractivity contribution is -0.122. The number of urea groups is 1. The molecule has 9 nitrogen and oxygen atoms in total. The van der Waals surface area contributed by atoms with Gasteiger partial charge in [0.05, 0.1) is 28.6 Å². The van der Waals surface area contributed by atoms with Crippen molar-refractivity contribution >= 4 is 61.5 Å². The number of fused-ring (bicyclic) bond motifs is 1. The highest BCUT2D eigenvalue weighted by molar-refractivity contribution is 9.10. The maximum atomic E-state index is 13.3. The normalized spacial score (nSPS) is 18.0. The molecule has 1 saturated heterocycles. The number of pyridine rings is 1. The van der Waals surface area contributed by atoms with Crippen molar-refractivity contribution in [1.82, 2.24) is 29.1 Å². The van der Waals surface area contributed by atoms with E-state index < -0.39 is 11.8 Å². The van der Waals surface area contributed by atoms with Crippen LogP contribution in [-0.2, 0) is 22.7 Å². The zero-order valence-corrected chi connectivity index (χ0v) is 22.2. The van der Waals surface area contributed by atoms with Gasteiger partial charge in [0.2, 0.25) is 0 Å². The molecule has 6 heterocycles. The van der Waals surface area contributed by atoms with E-state index >= 15 is 0 Å². The molecule has 0 unspecified atom stereocenters. The van der Waals surface area contributed by atoms with E-state index in [1.807, 2.05) is 56.9 Å². The Hall–Kier alpha value is -3.92. The SMILES string of the molecule is O=C1NC(=O)C(c2cnc3ccccn23)=C1c1cn2c3c(cc(Br)cc13)CN(C(=O)N1CCCCC1)CC2. The fourth-order valence-corrected chi connectivity index (χ4v) is 6.53. The van der Waals surface area contributed by atoms with Crippen LogP contribution in [0.2, 0.25) is 0 Å².